The predicted octanol–water partition coefficient (Wildman–Crippen LogP) is 0.943. The number of anilines is 1. The van der Waals surface area contributed by atoms with Gasteiger partial charge in [0.2, 0.25) is 5.91 Å². The number of hydrogen-bond donors (Lipinski definition) is 1. The lowest BCUT2D eigenvalue weighted by atomic mass is 10.1. The number of hydrogen-bond acceptors (Lipinski definition) is 4. The van der Waals surface area contributed by atoms with Crippen LogP contribution in [-0.2, 0) is 4.79 Å². The Morgan fingerprint density at radius 1 is 1.56 bits per heavy atom. The van der Waals surface area contributed by atoms with Crippen LogP contribution < -0.4 is 10.2 Å². The Labute approximate surface area is 106 Å². The molecule has 0 aliphatic carbocycles. The summed E-state index contributed by atoms with van der Waals surface area (Å²) >= 11 is 0. The molecule has 0 unspecified atom stereocenters. The molecule has 0 fully saturated rings. The molecule has 0 heterocycles. The van der Waals surface area contributed by atoms with Crippen molar-refractivity contribution in [3.63, 3.8) is 0 Å². The molecule has 0 bridgehead atoms. The highest BCUT2D eigenvalue weighted by molar-refractivity contribution is 5.83. The lowest BCUT2D eigenvalue weighted by Gasteiger charge is -2.23. The molecule has 0 saturated carbocycles. The van der Waals surface area contributed by atoms with Crippen molar-refractivity contribution < 1.29 is 9.59 Å². The molecular weight excluding hydrogens is 230 g/mol. The number of nitriles is 1. The summed E-state index contributed by atoms with van der Waals surface area (Å²) in [6.07, 6.45) is 0.694. The molecule has 0 atom stereocenters. The number of carbonyl (C=O) groups is 2. The summed E-state index contributed by atoms with van der Waals surface area (Å²) in [5.74, 6) is -0.125. The van der Waals surface area contributed by atoms with Crippen LogP contribution in [0.4, 0.5) is 5.69 Å². The third-order valence-corrected chi connectivity index (χ3v) is 2.61. The summed E-state index contributed by atoms with van der Waals surface area (Å²) in [6.45, 7) is 2.68. The maximum atomic E-state index is 11.4. The number of nitrogens with one attached hydrogen (secondary N) is 1. The Morgan fingerprint density at radius 3 is 2.78 bits per heavy atom. The summed E-state index contributed by atoms with van der Waals surface area (Å²) in [6, 6.07) is 6.89. The van der Waals surface area contributed by atoms with Gasteiger partial charge in [-0.1, -0.05) is 0 Å². The maximum Gasteiger partial charge on any atom is 0.239 e. The van der Waals surface area contributed by atoms with E-state index in [4.69, 9.17) is 5.26 Å². The standard InChI is InChI=1S/C13H15N3O2/c1-3-16(8-13(18)15-2)12-5-4-10(9-17)6-11(12)7-14/h4-6,9H,3,8H2,1-2H3,(H,15,18). The second-order valence-corrected chi connectivity index (χ2v) is 3.69. The smallest absolute Gasteiger partial charge is 0.239 e. The Hall–Kier alpha value is -2.35. The molecule has 18 heavy (non-hydrogen) atoms. The Kier molecular flexibility index (Phi) is 4.88. The van der Waals surface area contributed by atoms with Crippen LogP contribution in [0.15, 0.2) is 18.2 Å². The molecule has 1 N–H and O–H groups in total. The van der Waals surface area contributed by atoms with E-state index in [1.54, 1.807) is 24.1 Å². The number of benzene rings is 1. The quantitative estimate of drug-likeness (QED) is 0.784. The van der Waals surface area contributed by atoms with Crippen LogP contribution in [0.25, 0.3) is 0 Å². The van der Waals surface area contributed by atoms with Gasteiger partial charge in [0.15, 0.2) is 0 Å². The van der Waals surface area contributed by atoms with Gasteiger partial charge in [0, 0.05) is 19.2 Å². The lowest BCUT2D eigenvalue weighted by molar-refractivity contribution is -0.119. The zero-order valence-corrected chi connectivity index (χ0v) is 10.4. The molecular formula is C13H15N3O2. The van der Waals surface area contributed by atoms with E-state index in [-0.39, 0.29) is 12.5 Å². The van der Waals surface area contributed by atoms with Crippen molar-refractivity contribution in [3.05, 3.63) is 29.3 Å². The minimum atomic E-state index is -0.125. The van der Waals surface area contributed by atoms with Crippen molar-refractivity contribution in [3.8, 4) is 6.07 Å². The minimum absolute atomic E-state index is 0.125. The third kappa shape index (κ3) is 3.08. The normalized spacial score (nSPS) is 9.39. The number of amides is 1. The molecule has 0 aromatic heterocycles. The first-order chi connectivity index (χ1) is 8.65. The molecule has 1 rings (SSSR count). The Bertz CT molecular complexity index is 491. The summed E-state index contributed by atoms with van der Waals surface area (Å²) < 4.78 is 0. The molecule has 94 valence electrons. The number of nitrogens with zero attached hydrogens (tertiary/aromatic N) is 2. The average molecular weight is 245 g/mol. The first kappa shape index (κ1) is 13.7. The predicted molar refractivity (Wildman–Crippen MR) is 68.5 cm³/mol. The molecule has 0 saturated heterocycles. The van der Waals surface area contributed by atoms with E-state index in [0.717, 1.165) is 0 Å². The molecule has 5 heteroatoms. The van der Waals surface area contributed by atoms with E-state index >= 15 is 0 Å². The van der Waals surface area contributed by atoms with Crippen LogP contribution in [0.3, 0.4) is 0 Å². The Morgan fingerprint density at radius 2 is 2.28 bits per heavy atom. The maximum absolute atomic E-state index is 11.4. The first-order valence-electron chi connectivity index (χ1n) is 5.61. The number of carbonyl (C=O) groups excluding carboxylic acids is 2. The van der Waals surface area contributed by atoms with Gasteiger partial charge in [0.05, 0.1) is 17.8 Å². The van der Waals surface area contributed by atoms with Gasteiger partial charge >= 0.3 is 0 Å². The monoisotopic (exact) mass is 245 g/mol. The van der Waals surface area contributed by atoms with E-state index in [1.807, 2.05) is 13.0 Å². The largest absolute Gasteiger partial charge is 0.361 e. The van der Waals surface area contributed by atoms with Crippen LogP contribution in [0.2, 0.25) is 0 Å². The molecule has 0 radical (unpaired) electrons. The topological polar surface area (TPSA) is 73.2 Å². The van der Waals surface area contributed by atoms with Crippen LogP contribution in [0.5, 0.6) is 0 Å². The van der Waals surface area contributed by atoms with Crippen molar-refractivity contribution in [2.75, 3.05) is 25.0 Å². The molecule has 0 aliphatic rings. The van der Waals surface area contributed by atoms with Crippen LogP contribution in [-0.4, -0.2) is 32.3 Å². The fourth-order valence-electron chi connectivity index (χ4n) is 1.61. The van der Waals surface area contributed by atoms with Gasteiger partial charge < -0.3 is 10.2 Å². The molecule has 1 amide bonds. The fraction of sp³-hybridized carbons (Fsp3) is 0.308. The van der Waals surface area contributed by atoms with Crippen LogP contribution >= 0.6 is 0 Å². The zero-order chi connectivity index (χ0) is 13.5. The number of rotatable bonds is 5. The van der Waals surface area contributed by atoms with Crippen LogP contribution in [0, 0.1) is 11.3 Å². The van der Waals surface area contributed by atoms with E-state index in [9.17, 15) is 9.59 Å². The van der Waals surface area contributed by atoms with Crippen molar-refractivity contribution in [2.45, 2.75) is 6.92 Å². The first-order valence-corrected chi connectivity index (χ1v) is 5.61. The highest BCUT2D eigenvalue weighted by Gasteiger charge is 2.13. The van der Waals surface area contributed by atoms with Crippen molar-refractivity contribution >= 4 is 17.9 Å². The molecule has 0 spiro atoms. The third-order valence-electron chi connectivity index (χ3n) is 2.61. The summed E-state index contributed by atoms with van der Waals surface area (Å²) in [7, 11) is 1.57. The molecule has 1 aromatic carbocycles. The summed E-state index contributed by atoms with van der Waals surface area (Å²) in [5.41, 5.74) is 1.51. The summed E-state index contributed by atoms with van der Waals surface area (Å²) in [4.78, 5) is 23.8. The van der Waals surface area contributed by atoms with E-state index in [2.05, 4.69) is 5.32 Å². The Balaban J connectivity index is 3.09. The van der Waals surface area contributed by atoms with E-state index in [1.165, 1.54) is 6.07 Å². The molecule has 0 aliphatic heterocycles. The van der Waals surface area contributed by atoms with Crippen molar-refractivity contribution in [2.24, 2.45) is 0 Å². The van der Waals surface area contributed by atoms with Gasteiger partial charge in [-0.25, -0.2) is 0 Å². The SMILES string of the molecule is CCN(CC(=O)NC)c1ccc(C=O)cc1C#N. The molecule has 1 aromatic rings. The van der Waals surface area contributed by atoms with E-state index in [0.29, 0.717) is 29.6 Å². The lowest BCUT2D eigenvalue weighted by Crippen LogP contribution is -2.35. The highest BCUT2D eigenvalue weighted by atomic mass is 16.1. The van der Waals surface area contributed by atoms with Crippen molar-refractivity contribution in [1.82, 2.24) is 5.32 Å². The highest BCUT2D eigenvalue weighted by Crippen LogP contribution is 2.20. The van der Waals surface area contributed by atoms with Gasteiger partial charge in [-0.2, -0.15) is 5.26 Å². The van der Waals surface area contributed by atoms with E-state index < -0.39 is 0 Å². The second-order valence-electron chi connectivity index (χ2n) is 3.69. The fourth-order valence-corrected chi connectivity index (χ4v) is 1.61. The number of aldehydes is 1. The van der Waals surface area contributed by atoms with Gasteiger partial charge in [-0.3, -0.25) is 9.59 Å². The zero-order valence-electron chi connectivity index (χ0n) is 10.4. The number of likely N-dealkylation sites (N-methyl/N-ethyl adjacent to an activating group) is 2. The van der Waals surface area contributed by atoms with Gasteiger partial charge in [0.25, 0.3) is 0 Å². The summed E-state index contributed by atoms with van der Waals surface area (Å²) in [5, 5.41) is 11.6. The van der Waals surface area contributed by atoms with Gasteiger partial charge in [0.1, 0.15) is 12.4 Å². The van der Waals surface area contributed by atoms with Gasteiger partial charge in [-0.05, 0) is 25.1 Å². The average Bonchev–Trinajstić information content (AvgIpc) is 2.43. The van der Waals surface area contributed by atoms with Crippen molar-refractivity contribution in [1.29, 1.82) is 5.26 Å². The van der Waals surface area contributed by atoms with Gasteiger partial charge in [-0.15, -0.1) is 0 Å². The second kappa shape index (κ2) is 6.40. The van der Waals surface area contributed by atoms with Crippen LogP contribution in [0.1, 0.15) is 22.8 Å². The minimum Gasteiger partial charge on any atom is -0.361 e. The molecule has 5 nitrogen and oxygen atoms in total.